The van der Waals surface area contributed by atoms with Crippen LogP contribution in [0.1, 0.15) is 26.2 Å². The molecule has 0 aromatic heterocycles. The van der Waals surface area contributed by atoms with Crippen LogP contribution in [0.2, 0.25) is 0 Å². The molecule has 1 fully saturated rings. The smallest absolute Gasteiger partial charge is 0.115 e. The van der Waals surface area contributed by atoms with Gasteiger partial charge in [0.05, 0.1) is 0 Å². The van der Waals surface area contributed by atoms with Crippen molar-refractivity contribution in [2.24, 2.45) is 5.92 Å². The topological polar surface area (TPSA) is 12.5 Å². The van der Waals surface area contributed by atoms with Crippen molar-refractivity contribution in [2.45, 2.75) is 26.2 Å². The first-order valence-corrected chi connectivity index (χ1v) is 6.08. The molecule has 1 unspecified atom stereocenters. The number of ether oxygens (including phenoxy) is 1. The van der Waals surface area contributed by atoms with E-state index in [1.165, 1.54) is 25.9 Å². The monoisotopic (exact) mass is 207 g/mol. The highest BCUT2D eigenvalue weighted by molar-refractivity contribution is 5.17. The molecular formula is C13H21NO. The quantitative estimate of drug-likeness (QED) is 0.702. The molecule has 84 valence electrons. The second-order valence-electron chi connectivity index (χ2n) is 4.58. The Hall–Kier alpha value is -0.760. The van der Waals surface area contributed by atoms with Crippen molar-refractivity contribution >= 4 is 0 Å². The summed E-state index contributed by atoms with van der Waals surface area (Å²) in [5.74, 6) is 1.74. The summed E-state index contributed by atoms with van der Waals surface area (Å²) in [6, 6.07) is 0. The van der Waals surface area contributed by atoms with Crippen molar-refractivity contribution in [3.05, 3.63) is 24.0 Å². The fraction of sp³-hybridized carbons (Fsp3) is 0.692. The molecule has 0 aromatic rings. The Morgan fingerprint density at radius 1 is 1.40 bits per heavy atom. The molecule has 0 aromatic carbocycles. The number of likely N-dealkylation sites (tertiary alicyclic amines) is 1. The Kier molecular flexibility index (Phi) is 3.84. The molecule has 2 nitrogen and oxygen atoms in total. The van der Waals surface area contributed by atoms with E-state index in [-0.39, 0.29) is 0 Å². The molecule has 2 heteroatoms. The standard InChI is InChI=1S/C13H21NO/c1-12-4-6-13(7-5-12)15-11-10-14-8-2-3-9-14/h4,6-7,12H,2-3,5,8-11H2,1H3. The van der Waals surface area contributed by atoms with E-state index in [1.807, 2.05) is 0 Å². The van der Waals surface area contributed by atoms with E-state index < -0.39 is 0 Å². The molecule has 0 N–H and O–H groups in total. The lowest BCUT2D eigenvalue weighted by Crippen LogP contribution is -2.23. The highest BCUT2D eigenvalue weighted by atomic mass is 16.5. The second-order valence-corrected chi connectivity index (χ2v) is 4.58. The number of rotatable bonds is 4. The summed E-state index contributed by atoms with van der Waals surface area (Å²) in [5, 5.41) is 0. The molecule has 1 aliphatic heterocycles. The molecular weight excluding hydrogens is 186 g/mol. The van der Waals surface area contributed by atoms with E-state index in [9.17, 15) is 0 Å². The van der Waals surface area contributed by atoms with Gasteiger partial charge in [-0.2, -0.15) is 0 Å². The highest BCUT2D eigenvalue weighted by Gasteiger charge is 2.11. The van der Waals surface area contributed by atoms with Crippen LogP contribution < -0.4 is 0 Å². The lowest BCUT2D eigenvalue weighted by Gasteiger charge is -2.17. The van der Waals surface area contributed by atoms with Gasteiger partial charge in [-0.05, 0) is 50.4 Å². The van der Waals surface area contributed by atoms with E-state index in [2.05, 4.69) is 30.1 Å². The van der Waals surface area contributed by atoms with Gasteiger partial charge in [-0.3, -0.25) is 4.90 Å². The molecule has 1 atom stereocenters. The summed E-state index contributed by atoms with van der Waals surface area (Å²) in [7, 11) is 0. The van der Waals surface area contributed by atoms with E-state index in [0.717, 1.165) is 25.3 Å². The van der Waals surface area contributed by atoms with Crippen LogP contribution >= 0.6 is 0 Å². The minimum atomic E-state index is 0.677. The molecule has 1 saturated heterocycles. The molecule has 0 radical (unpaired) electrons. The third-order valence-corrected chi connectivity index (χ3v) is 3.15. The maximum absolute atomic E-state index is 5.73. The van der Waals surface area contributed by atoms with Crippen LogP contribution in [0.5, 0.6) is 0 Å². The van der Waals surface area contributed by atoms with Crippen LogP contribution in [0.15, 0.2) is 24.0 Å². The molecule has 1 heterocycles. The maximum atomic E-state index is 5.73. The molecule has 15 heavy (non-hydrogen) atoms. The predicted octanol–water partition coefficient (Wildman–Crippen LogP) is 2.58. The van der Waals surface area contributed by atoms with Crippen molar-refractivity contribution < 1.29 is 4.74 Å². The minimum Gasteiger partial charge on any atom is -0.493 e. The van der Waals surface area contributed by atoms with Crippen LogP contribution in [0.25, 0.3) is 0 Å². The van der Waals surface area contributed by atoms with Crippen molar-refractivity contribution in [1.29, 1.82) is 0 Å². The van der Waals surface area contributed by atoms with E-state index in [4.69, 9.17) is 4.74 Å². The van der Waals surface area contributed by atoms with Crippen LogP contribution in [-0.4, -0.2) is 31.1 Å². The SMILES string of the molecule is CC1C=CC(OCCN2CCCC2)=CC1. The first-order valence-electron chi connectivity index (χ1n) is 6.08. The minimum absolute atomic E-state index is 0.677. The summed E-state index contributed by atoms with van der Waals surface area (Å²) in [6.45, 7) is 6.67. The molecule has 0 spiro atoms. The van der Waals surface area contributed by atoms with Gasteiger partial charge in [0.25, 0.3) is 0 Å². The van der Waals surface area contributed by atoms with E-state index in [0.29, 0.717) is 5.92 Å². The molecule has 1 aliphatic carbocycles. The predicted molar refractivity (Wildman–Crippen MR) is 62.6 cm³/mol. The van der Waals surface area contributed by atoms with Gasteiger partial charge in [0, 0.05) is 6.54 Å². The molecule has 2 rings (SSSR count). The van der Waals surface area contributed by atoms with Crippen molar-refractivity contribution in [1.82, 2.24) is 4.90 Å². The first kappa shape index (κ1) is 10.7. The Morgan fingerprint density at radius 3 is 2.87 bits per heavy atom. The summed E-state index contributed by atoms with van der Waals surface area (Å²) in [4.78, 5) is 2.48. The number of hydrogen-bond donors (Lipinski definition) is 0. The Labute approximate surface area is 92.6 Å². The summed E-state index contributed by atoms with van der Waals surface area (Å²) >= 11 is 0. The number of allylic oxidation sites excluding steroid dienone is 3. The van der Waals surface area contributed by atoms with Crippen molar-refractivity contribution in [3.63, 3.8) is 0 Å². The van der Waals surface area contributed by atoms with Gasteiger partial charge in [-0.25, -0.2) is 0 Å². The average molecular weight is 207 g/mol. The zero-order valence-electron chi connectivity index (χ0n) is 9.61. The molecule has 2 aliphatic rings. The van der Waals surface area contributed by atoms with E-state index >= 15 is 0 Å². The third-order valence-electron chi connectivity index (χ3n) is 3.15. The molecule has 0 saturated carbocycles. The van der Waals surface area contributed by atoms with Gasteiger partial charge >= 0.3 is 0 Å². The summed E-state index contributed by atoms with van der Waals surface area (Å²) in [5.41, 5.74) is 0. The van der Waals surface area contributed by atoms with Crippen LogP contribution in [0.4, 0.5) is 0 Å². The maximum Gasteiger partial charge on any atom is 0.115 e. The summed E-state index contributed by atoms with van der Waals surface area (Å²) < 4.78 is 5.73. The Bertz CT molecular complexity index is 251. The van der Waals surface area contributed by atoms with Gasteiger partial charge in [0.1, 0.15) is 12.4 Å². The average Bonchev–Trinajstić information content (AvgIpc) is 2.74. The number of nitrogens with zero attached hydrogens (tertiary/aromatic N) is 1. The molecule has 0 bridgehead atoms. The Balaban J connectivity index is 1.63. The zero-order chi connectivity index (χ0) is 10.5. The van der Waals surface area contributed by atoms with Crippen molar-refractivity contribution in [3.8, 4) is 0 Å². The lowest BCUT2D eigenvalue weighted by atomic mass is 10.0. The van der Waals surface area contributed by atoms with Gasteiger partial charge in [-0.1, -0.05) is 13.0 Å². The second kappa shape index (κ2) is 5.36. The Morgan fingerprint density at radius 2 is 2.20 bits per heavy atom. The van der Waals surface area contributed by atoms with Crippen molar-refractivity contribution in [2.75, 3.05) is 26.2 Å². The summed E-state index contributed by atoms with van der Waals surface area (Å²) in [6.07, 6.45) is 10.4. The molecule has 0 amide bonds. The lowest BCUT2D eigenvalue weighted by molar-refractivity contribution is 0.178. The normalized spacial score (nSPS) is 26.7. The number of hydrogen-bond acceptors (Lipinski definition) is 2. The van der Waals surface area contributed by atoms with Gasteiger partial charge in [0.2, 0.25) is 0 Å². The zero-order valence-corrected chi connectivity index (χ0v) is 9.61. The first-order chi connectivity index (χ1) is 7.34. The highest BCUT2D eigenvalue weighted by Crippen LogP contribution is 2.16. The van der Waals surface area contributed by atoms with Gasteiger partial charge in [-0.15, -0.1) is 0 Å². The van der Waals surface area contributed by atoms with Crippen LogP contribution in [-0.2, 0) is 4.74 Å². The fourth-order valence-electron chi connectivity index (χ4n) is 2.11. The fourth-order valence-corrected chi connectivity index (χ4v) is 2.11. The van der Waals surface area contributed by atoms with Gasteiger partial charge < -0.3 is 4.74 Å². The van der Waals surface area contributed by atoms with E-state index in [1.54, 1.807) is 0 Å². The van der Waals surface area contributed by atoms with Crippen LogP contribution in [0, 0.1) is 5.92 Å². The van der Waals surface area contributed by atoms with Gasteiger partial charge in [0.15, 0.2) is 0 Å². The third kappa shape index (κ3) is 3.38. The largest absolute Gasteiger partial charge is 0.493 e. The van der Waals surface area contributed by atoms with Crippen LogP contribution in [0.3, 0.4) is 0 Å².